The van der Waals surface area contributed by atoms with Crippen molar-refractivity contribution >= 4 is 11.0 Å². The van der Waals surface area contributed by atoms with Gasteiger partial charge in [-0.05, 0) is 0 Å². The maximum absolute atomic E-state index is 12.2. The maximum atomic E-state index is 12.2. The number of nitrogens with zero attached hydrogens (tertiary/aromatic N) is 3. The first-order valence-corrected chi connectivity index (χ1v) is 3.30. The summed E-state index contributed by atoms with van der Waals surface area (Å²) in [6.07, 6.45) is -2.19. The van der Waals surface area contributed by atoms with E-state index in [4.69, 9.17) is 0 Å². The molecular formula is C6H3F3N4. The van der Waals surface area contributed by atoms with E-state index in [1.165, 1.54) is 6.20 Å². The van der Waals surface area contributed by atoms with Gasteiger partial charge in [0, 0.05) is 0 Å². The number of halogens is 3. The molecule has 0 radical (unpaired) electrons. The standard InChI is InChI=1S/C6H3F3N4/c7-6(8,9)5-4-3(12-13-5)1-10-2-11-4/h1-2H,(H,12,13). The molecule has 0 bridgehead atoms. The van der Waals surface area contributed by atoms with Crippen LogP contribution in [0.4, 0.5) is 13.2 Å². The fraction of sp³-hybridized carbons (Fsp3) is 0.167. The predicted molar refractivity (Wildman–Crippen MR) is 36.7 cm³/mol. The minimum atomic E-state index is -4.46. The summed E-state index contributed by atoms with van der Waals surface area (Å²) in [6.45, 7) is 0. The molecule has 0 saturated carbocycles. The quantitative estimate of drug-likeness (QED) is 0.679. The van der Waals surface area contributed by atoms with Gasteiger partial charge >= 0.3 is 6.18 Å². The van der Waals surface area contributed by atoms with Gasteiger partial charge in [-0.1, -0.05) is 0 Å². The molecular weight excluding hydrogens is 185 g/mol. The molecule has 0 atom stereocenters. The average Bonchev–Trinajstić information content (AvgIpc) is 2.45. The van der Waals surface area contributed by atoms with Crippen LogP contribution in [0, 0.1) is 0 Å². The third kappa shape index (κ3) is 1.21. The van der Waals surface area contributed by atoms with Gasteiger partial charge in [0.25, 0.3) is 0 Å². The number of nitrogens with one attached hydrogen (secondary N) is 1. The summed E-state index contributed by atoms with van der Waals surface area (Å²) in [4.78, 5) is 7.03. The normalized spacial score (nSPS) is 12.2. The minimum absolute atomic E-state index is 0.106. The van der Waals surface area contributed by atoms with Crippen molar-refractivity contribution < 1.29 is 13.2 Å². The van der Waals surface area contributed by atoms with Gasteiger partial charge in [-0.3, -0.25) is 5.10 Å². The van der Waals surface area contributed by atoms with Crippen molar-refractivity contribution in [1.29, 1.82) is 0 Å². The SMILES string of the molecule is FC(F)(F)c1[nH]nc2cncnc12. The van der Waals surface area contributed by atoms with Gasteiger partial charge in [-0.15, -0.1) is 0 Å². The number of aromatic amines is 1. The zero-order valence-corrected chi connectivity index (χ0v) is 6.13. The van der Waals surface area contributed by atoms with Crippen molar-refractivity contribution in [2.75, 3.05) is 0 Å². The number of hydrogen-bond donors (Lipinski definition) is 1. The van der Waals surface area contributed by atoms with Gasteiger partial charge < -0.3 is 0 Å². The van der Waals surface area contributed by atoms with E-state index >= 15 is 0 Å². The Hall–Kier alpha value is -1.66. The first kappa shape index (κ1) is 7.96. The van der Waals surface area contributed by atoms with Crippen molar-refractivity contribution in [2.45, 2.75) is 6.18 Å². The molecule has 4 nitrogen and oxygen atoms in total. The van der Waals surface area contributed by atoms with Gasteiger partial charge in [-0.25, -0.2) is 9.97 Å². The number of H-pyrrole nitrogens is 1. The molecule has 0 spiro atoms. The van der Waals surface area contributed by atoms with Crippen LogP contribution in [0.5, 0.6) is 0 Å². The summed E-state index contributed by atoms with van der Waals surface area (Å²) in [6, 6.07) is 0. The van der Waals surface area contributed by atoms with Crippen molar-refractivity contribution in [3.8, 4) is 0 Å². The summed E-state index contributed by atoms with van der Waals surface area (Å²) in [5, 5.41) is 5.29. The van der Waals surface area contributed by atoms with E-state index in [2.05, 4.69) is 15.1 Å². The molecule has 13 heavy (non-hydrogen) atoms. The molecule has 68 valence electrons. The third-order valence-electron chi connectivity index (χ3n) is 1.50. The highest BCUT2D eigenvalue weighted by molar-refractivity contribution is 5.75. The molecule has 0 aliphatic rings. The Kier molecular flexibility index (Phi) is 1.48. The smallest absolute Gasteiger partial charge is 0.271 e. The van der Waals surface area contributed by atoms with Gasteiger partial charge in [0.1, 0.15) is 17.4 Å². The molecule has 0 aliphatic heterocycles. The Morgan fingerprint density at radius 3 is 2.77 bits per heavy atom. The van der Waals surface area contributed by atoms with Gasteiger partial charge in [0.05, 0.1) is 6.20 Å². The van der Waals surface area contributed by atoms with Crippen molar-refractivity contribution in [1.82, 2.24) is 20.2 Å². The number of hydrogen-bond acceptors (Lipinski definition) is 3. The van der Waals surface area contributed by atoms with E-state index in [1.54, 1.807) is 0 Å². The van der Waals surface area contributed by atoms with Gasteiger partial charge in [0.2, 0.25) is 0 Å². The first-order valence-electron chi connectivity index (χ1n) is 3.30. The van der Waals surface area contributed by atoms with E-state index in [1.807, 2.05) is 5.10 Å². The second kappa shape index (κ2) is 2.41. The maximum Gasteiger partial charge on any atom is 0.434 e. The third-order valence-corrected chi connectivity index (χ3v) is 1.50. The van der Waals surface area contributed by atoms with E-state index in [0.29, 0.717) is 0 Å². The summed E-state index contributed by atoms with van der Waals surface area (Å²) in [5.41, 5.74) is -1.04. The second-order valence-electron chi connectivity index (χ2n) is 2.35. The van der Waals surface area contributed by atoms with Crippen LogP contribution in [0.15, 0.2) is 12.5 Å². The molecule has 2 aromatic rings. The highest BCUT2D eigenvalue weighted by Gasteiger charge is 2.35. The molecule has 2 heterocycles. The van der Waals surface area contributed by atoms with Crippen LogP contribution in [0.3, 0.4) is 0 Å². The molecule has 7 heteroatoms. The molecule has 0 aromatic carbocycles. The topological polar surface area (TPSA) is 54.5 Å². The molecule has 0 amide bonds. The Labute approximate surface area is 69.8 Å². The van der Waals surface area contributed by atoms with E-state index < -0.39 is 11.9 Å². The lowest BCUT2D eigenvalue weighted by Crippen LogP contribution is -2.06. The Morgan fingerprint density at radius 1 is 1.31 bits per heavy atom. The lowest BCUT2D eigenvalue weighted by Gasteiger charge is -2.01. The highest BCUT2D eigenvalue weighted by Crippen LogP contribution is 2.31. The van der Waals surface area contributed by atoms with E-state index in [-0.39, 0.29) is 11.0 Å². The summed E-state index contributed by atoms with van der Waals surface area (Å²) >= 11 is 0. The van der Waals surface area contributed by atoms with E-state index in [0.717, 1.165) is 6.33 Å². The first-order chi connectivity index (χ1) is 6.09. The summed E-state index contributed by atoms with van der Waals surface area (Å²) in [5.74, 6) is 0. The fourth-order valence-electron chi connectivity index (χ4n) is 0.963. The lowest BCUT2D eigenvalue weighted by molar-refractivity contribution is -0.140. The van der Waals surface area contributed by atoms with Crippen molar-refractivity contribution in [3.63, 3.8) is 0 Å². The lowest BCUT2D eigenvalue weighted by atomic mass is 10.3. The van der Waals surface area contributed by atoms with E-state index in [9.17, 15) is 13.2 Å². The van der Waals surface area contributed by atoms with Gasteiger partial charge in [0.15, 0.2) is 5.69 Å². The highest BCUT2D eigenvalue weighted by atomic mass is 19.4. The number of fused-ring (bicyclic) bond motifs is 1. The Balaban J connectivity index is 2.72. The molecule has 1 N–H and O–H groups in total. The predicted octanol–water partition coefficient (Wildman–Crippen LogP) is 1.37. The van der Waals surface area contributed by atoms with Crippen LogP contribution in [0.2, 0.25) is 0 Å². The largest absolute Gasteiger partial charge is 0.434 e. The molecule has 2 aromatic heterocycles. The van der Waals surface area contributed by atoms with Crippen LogP contribution >= 0.6 is 0 Å². The van der Waals surface area contributed by atoms with Gasteiger partial charge in [-0.2, -0.15) is 18.3 Å². The van der Waals surface area contributed by atoms with Crippen LogP contribution in [-0.4, -0.2) is 20.2 Å². The zero-order valence-electron chi connectivity index (χ0n) is 6.13. The van der Waals surface area contributed by atoms with Crippen molar-refractivity contribution in [2.24, 2.45) is 0 Å². The summed E-state index contributed by atoms with van der Waals surface area (Å²) < 4.78 is 36.7. The van der Waals surface area contributed by atoms with Crippen LogP contribution in [0.25, 0.3) is 11.0 Å². The molecule has 2 rings (SSSR count). The molecule has 0 aliphatic carbocycles. The molecule has 0 saturated heterocycles. The van der Waals surface area contributed by atoms with Crippen LogP contribution < -0.4 is 0 Å². The molecule has 0 fully saturated rings. The van der Waals surface area contributed by atoms with Crippen LogP contribution in [-0.2, 0) is 6.18 Å². The monoisotopic (exact) mass is 188 g/mol. The number of alkyl halides is 3. The fourth-order valence-corrected chi connectivity index (χ4v) is 0.963. The second-order valence-corrected chi connectivity index (χ2v) is 2.35. The minimum Gasteiger partial charge on any atom is -0.271 e. The van der Waals surface area contributed by atoms with Crippen molar-refractivity contribution in [3.05, 3.63) is 18.2 Å². The zero-order chi connectivity index (χ0) is 9.47. The average molecular weight is 188 g/mol. The Bertz CT molecular complexity index is 433. The molecule has 0 unspecified atom stereocenters. The summed E-state index contributed by atoms with van der Waals surface area (Å²) in [7, 11) is 0. The Morgan fingerprint density at radius 2 is 2.08 bits per heavy atom. The van der Waals surface area contributed by atoms with Crippen LogP contribution in [0.1, 0.15) is 5.69 Å². The number of rotatable bonds is 0. The number of aromatic nitrogens is 4.